The standard InChI is InChI=1S/C14H23N3O/c1-16-8-5-11(6-9-16)14-15-12(10-18)13-4-2-3-7-17(13)14/h11,18H,2-10H2,1H3. The first-order valence-corrected chi connectivity index (χ1v) is 7.17. The van der Waals surface area contributed by atoms with E-state index in [1.165, 1.54) is 50.3 Å². The van der Waals surface area contributed by atoms with E-state index in [0.29, 0.717) is 5.92 Å². The van der Waals surface area contributed by atoms with E-state index in [1.54, 1.807) is 0 Å². The summed E-state index contributed by atoms with van der Waals surface area (Å²) in [5.41, 5.74) is 2.24. The number of piperidine rings is 1. The van der Waals surface area contributed by atoms with Gasteiger partial charge in [-0.15, -0.1) is 0 Å². The molecule has 1 fully saturated rings. The summed E-state index contributed by atoms with van der Waals surface area (Å²) in [6.07, 6.45) is 6.00. The Morgan fingerprint density at radius 1 is 1.22 bits per heavy atom. The first kappa shape index (κ1) is 12.2. The summed E-state index contributed by atoms with van der Waals surface area (Å²) in [5, 5.41) is 9.46. The lowest BCUT2D eigenvalue weighted by atomic mass is 9.96. The molecular weight excluding hydrogens is 226 g/mol. The Balaban J connectivity index is 1.89. The van der Waals surface area contributed by atoms with Crippen molar-refractivity contribution in [3.05, 3.63) is 17.2 Å². The van der Waals surface area contributed by atoms with Crippen molar-refractivity contribution in [1.82, 2.24) is 14.5 Å². The van der Waals surface area contributed by atoms with Crippen LogP contribution < -0.4 is 0 Å². The van der Waals surface area contributed by atoms with Gasteiger partial charge in [0, 0.05) is 18.2 Å². The zero-order valence-corrected chi connectivity index (χ0v) is 11.2. The summed E-state index contributed by atoms with van der Waals surface area (Å²) in [6.45, 7) is 3.54. The van der Waals surface area contributed by atoms with Crippen LogP contribution in [0, 0.1) is 0 Å². The number of imidazole rings is 1. The van der Waals surface area contributed by atoms with Gasteiger partial charge in [-0.2, -0.15) is 0 Å². The molecule has 0 saturated carbocycles. The molecule has 0 atom stereocenters. The Morgan fingerprint density at radius 3 is 2.72 bits per heavy atom. The van der Waals surface area contributed by atoms with Crippen LogP contribution in [0.2, 0.25) is 0 Å². The zero-order chi connectivity index (χ0) is 12.5. The van der Waals surface area contributed by atoms with Gasteiger partial charge in [-0.1, -0.05) is 0 Å². The zero-order valence-electron chi connectivity index (χ0n) is 11.2. The van der Waals surface area contributed by atoms with Gasteiger partial charge in [0.2, 0.25) is 0 Å². The van der Waals surface area contributed by atoms with E-state index in [1.807, 2.05) is 0 Å². The van der Waals surface area contributed by atoms with Crippen molar-refractivity contribution in [3.63, 3.8) is 0 Å². The maximum absolute atomic E-state index is 9.46. The van der Waals surface area contributed by atoms with E-state index >= 15 is 0 Å². The maximum atomic E-state index is 9.46. The van der Waals surface area contributed by atoms with E-state index in [2.05, 4.69) is 16.5 Å². The number of aliphatic hydroxyl groups is 1. The number of nitrogens with zero attached hydrogens (tertiary/aromatic N) is 3. The highest BCUT2D eigenvalue weighted by molar-refractivity contribution is 5.21. The molecule has 3 heterocycles. The van der Waals surface area contributed by atoms with Crippen molar-refractivity contribution in [3.8, 4) is 0 Å². The molecule has 4 heteroatoms. The van der Waals surface area contributed by atoms with E-state index in [-0.39, 0.29) is 6.61 Å². The fourth-order valence-electron chi connectivity index (χ4n) is 3.35. The van der Waals surface area contributed by atoms with Gasteiger partial charge in [0.15, 0.2) is 0 Å². The predicted molar refractivity (Wildman–Crippen MR) is 70.6 cm³/mol. The molecule has 100 valence electrons. The minimum absolute atomic E-state index is 0.0992. The van der Waals surface area contributed by atoms with Crippen molar-refractivity contribution in [2.75, 3.05) is 20.1 Å². The van der Waals surface area contributed by atoms with Crippen LogP contribution in [0.4, 0.5) is 0 Å². The fourth-order valence-corrected chi connectivity index (χ4v) is 3.35. The van der Waals surface area contributed by atoms with Gasteiger partial charge in [-0.05, 0) is 52.2 Å². The first-order valence-electron chi connectivity index (χ1n) is 7.17. The molecule has 1 aromatic rings. The number of aliphatic hydroxyl groups excluding tert-OH is 1. The molecule has 0 spiro atoms. The Bertz CT molecular complexity index is 419. The minimum atomic E-state index is 0.0992. The van der Waals surface area contributed by atoms with Crippen molar-refractivity contribution >= 4 is 0 Å². The Kier molecular flexibility index (Phi) is 3.39. The Hall–Kier alpha value is -0.870. The second-order valence-electron chi connectivity index (χ2n) is 5.71. The molecule has 1 N–H and O–H groups in total. The molecule has 4 nitrogen and oxygen atoms in total. The van der Waals surface area contributed by atoms with Gasteiger partial charge in [0.25, 0.3) is 0 Å². The van der Waals surface area contributed by atoms with Crippen LogP contribution in [0.3, 0.4) is 0 Å². The third-order valence-corrected chi connectivity index (χ3v) is 4.46. The summed E-state index contributed by atoms with van der Waals surface area (Å²) < 4.78 is 2.41. The normalized spacial score (nSPS) is 22.1. The number of fused-ring (bicyclic) bond motifs is 1. The number of hydrogen-bond donors (Lipinski definition) is 1. The number of aromatic nitrogens is 2. The topological polar surface area (TPSA) is 41.3 Å². The molecule has 0 unspecified atom stereocenters. The van der Waals surface area contributed by atoms with Crippen LogP contribution in [0.5, 0.6) is 0 Å². The fraction of sp³-hybridized carbons (Fsp3) is 0.786. The van der Waals surface area contributed by atoms with Crippen molar-refractivity contribution < 1.29 is 5.11 Å². The third-order valence-electron chi connectivity index (χ3n) is 4.46. The van der Waals surface area contributed by atoms with Gasteiger partial charge < -0.3 is 14.6 Å². The lowest BCUT2D eigenvalue weighted by molar-refractivity contribution is 0.247. The van der Waals surface area contributed by atoms with Crippen LogP contribution in [0.1, 0.15) is 48.8 Å². The Labute approximate surface area is 109 Å². The number of likely N-dealkylation sites (tertiary alicyclic amines) is 1. The van der Waals surface area contributed by atoms with Gasteiger partial charge in [0.1, 0.15) is 5.82 Å². The molecule has 1 aromatic heterocycles. The van der Waals surface area contributed by atoms with Crippen LogP contribution >= 0.6 is 0 Å². The lowest BCUT2D eigenvalue weighted by Gasteiger charge is -2.29. The van der Waals surface area contributed by atoms with Gasteiger partial charge in [0.05, 0.1) is 12.3 Å². The van der Waals surface area contributed by atoms with Crippen molar-refractivity contribution in [2.24, 2.45) is 0 Å². The number of hydrogen-bond acceptors (Lipinski definition) is 3. The molecule has 0 amide bonds. The molecule has 1 saturated heterocycles. The largest absolute Gasteiger partial charge is 0.390 e. The smallest absolute Gasteiger partial charge is 0.112 e. The lowest BCUT2D eigenvalue weighted by Crippen LogP contribution is -2.30. The van der Waals surface area contributed by atoms with E-state index < -0.39 is 0 Å². The maximum Gasteiger partial charge on any atom is 0.112 e. The molecule has 0 bridgehead atoms. The summed E-state index contributed by atoms with van der Waals surface area (Å²) in [5.74, 6) is 1.85. The summed E-state index contributed by atoms with van der Waals surface area (Å²) >= 11 is 0. The molecule has 3 rings (SSSR count). The highest BCUT2D eigenvalue weighted by atomic mass is 16.3. The minimum Gasteiger partial charge on any atom is -0.390 e. The molecule has 2 aliphatic rings. The molecule has 18 heavy (non-hydrogen) atoms. The van der Waals surface area contributed by atoms with Gasteiger partial charge >= 0.3 is 0 Å². The average molecular weight is 249 g/mol. The first-order chi connectivity index (χ1) is 8.79. The van der Waals surface area contributed by atoms with Crippen LogP contribution in [0.15, 0.2) is 0 Å². The van der Waals surface area contributed by atoms with Crippen molar-refractivity contribution in [1.29, 1.82) is 0 Å². The van der Waals surface area contributed by atoms with Gasteiger partial charge in [-0.25, -0.2) is 4.98 Å². The SMILES string of the molecule is CN1CCC(c2nc(CO)c3n2CCCC3)CC1. The summed E-state index contributed by atoms with van der Waals surface area (Å²) in [6, 6.07) is 0. The second-order valence-corrected chi connectivity index (χ2v) is 5.71. The third kappa shape index (κ3) is 2.08. The van der Waals surface area contributed by atoms with E-state index in [9.17, 15) is 5.11 Å². The molecule has 2 aliphatic heterocycles. The van der Waals surface area contributed by atoms with Crippen LogP contribution in [-0.4, -0.2) is 39.7 Å². The highest BCUT2D eigenvalue weighted by Crippen LogP contribution is 2.31. The monoisotopic (exact) mass is 249 g/mol. The molecule has 0 aromatic carbocycles. The van der Waals surface area contributed by atoms with Crippen LogP contribution in [-0.2, 0) is 19.6 Å². The van der Waals surface area contributed by atoms with Crippen LogP contribution in [0.25, 0.3) is 0 Å². The Morgan fingerprint density at radius 2 is 2.00 bits per heavy atom. The average Bonchev–Trinajstić information content (AvgIpc) is 2.79. The van der Waals surface area contributed by atoms with E-state index in [0.717, 1.165) is 18.7 Å². The van der Waals surface area contributed by atoms with Crippen molar-refractivity contribution in [2.45, 2.75) is 51.2 Å². The van der Waals surface area contributed by atoms with Gasteiger partial charge in [-0.3, -0.25) is 0 Å². The van der Waals surface area contributed by atoms with E-state index in [4.69, 9.17) is 4.98 Å². The molecular formula is C14H23N3O. The molecule has 0 radical (unpaired) electrons. The number of rotatable bonds is 2. The summed E-state index contributed by atoms with van der Waals surface area (Å²) in [7, 11) is 2.19. The summed E-state index contributed by atoms with van der Waals surface area (Å²) in [4.78, 5) is 7.15. The molecule has 0 aliphatic carbocycles. The quantitative estimate of drug-likeness (QED) is 0.864. The predicted octanol–water partition coefficient (Wildman–Crippen LogP) is 1.52. The second kappa shape index (κ2) is 5.02. The highest BCUT2D eigenvalue weighted by Gasteiger charge is 2.27.